The molecule has 0 aliphatic carbocycles. The molecule has 7 nitrogen and oxygen atoms in total. The van der Waals surface area contributed by atoms with E-state index in [1.54, 1.807) is 20.8 Å². The van der Waals surface area contributed by atoms with E-state index in [0.717, 1.165) is 12.1 Å². The molecule has 0 saturated heterocycles. The van der Waals surface area contributed by atoms with E-state index < -0.39 is 35.9 Å². The summed E-state index contributed by atoms with van der Waals surface area (Å²) in [6.45, 7) is 5.21. The van der Waals surface area contributed by atoms with Gasteiger partial charge in [-0.3, -0.25) is 4.79 Å². The van der Waals surface area contributed by atoms with Gasteiger partial charge < -0.3 is 24.2 Å². The molecule has 2 rings (SSSR count). The van der Waals surface area contributed by atoms with Gasteiger partial charge in [0, 0.05) is 7.05 Å². The first-order valence-corrected chi connectivity index (χ1v) is 9.99. The zero-order valence-corrected chi connectivity index (χ0v) is 18.7. The van der Waals surface area contributed by atoms with Crippen LogP contribution in [0.25, 0.3) is 0 Å². The summed E-state index contributed by atoms with van der Waals surface area (Å²) in [5.41, 5.74) is 0.121. The number of likely N-dealkylation sites (N-methyl/N-ethyl adjacent to an activating group) is 1. The van der Waals surface area contributed by atoms with Crippen LogP contribution in [0.2, 0.25) is 0 Å². The Labute approximate surface area is 189 Å². The summed E-state index contributed by atoms with van der Waals surface area (Å²) in [4.78, 5) is 25.4. The van der Waals surface area contributed by atoms with E-state index in [1.165, 1.54) is 48.3 Å². The Morgan fingerprint density at radius 1 is 1.03 bits per heavy atom. The Morgan fingerprint density at radius 2 is 1.67 bits per heavy atom. The van der Waals surface area contributed by atoms with Crippen LogP contribution in [0.5, 0.6) is 11.5 Å². The lowest BCUT2D eigenvalue weighted by Crippen LogP contribution is -2.36. The van der Waals surface area contributed by atoms with Crippen LogP contribution < -0.4 is 9.47 Å². The van der Waals surface area contributed by atoms with Gasteiger partial charge >= 0.3 is 18.4 Å². The standard InChI is InChI=1S/C23H26F3NO6/c1-22(2,3)33-21(30)27(4)14-19(28)16-8-10-17(11-9-16)31-20(29)13-15-6-5-7-18(12-15)32-23(24,25)26/h5-12,19,28H,13-14H2,1-4H3. The Balaban J connectivity index is 1.91. The number of benzene rings is 2. The fraction of sp³-hybridized carbons (Fsp3) is 0.391. The second-order valence-electron chi connectivity index (χ2n) is 8.29. The second kappa shape index (κ2) is 10.6. The molecule has 0 radical (unpaired) electrons. The molecule has 0 aliphatic rings. The third kappa shape index (κ3) is 9.40. The number of amides is 1. The molecule has 0 aromatic heterocycles. The summed E-state index contributed by atoms with van der Waals surface area (Å²) < 4.78 is 51.3. The molecule has 2 aromatic carbocycles. The minimum absolute atomic E-state index is 0.00954. The van der Waals surface area contributed by atoms with Crippen molar-refractivity contribution in [1.82, 2.24) is 4.90 Å². The number of alkyl halides is 3. The van der Waals surface area contributed by atoms with Crippen LogP contribution in [0.4, 0.5) is 18.0 Å². The highest BCUT2D eigenvalue weighted by atomic mass is 19.4. The van der Waals surface area contributed by atoms with Gasteiger partial charge in [0.1, 0.15) is 17.1 Å². The molecule has 10 heteroatoms. The molecule has 2 aromatic rings. The maximum atomic E-state index is 12.3. The second-order valence-corrected chi connectivity index (χ2v) is 8.29. The maximum Gasteiger partial charge on any atom is 0.573 e. The van der Waals surface area contributed by atoms with Crippen molar-refractivity contribution in [2.75, 3.05) is 13.6 Å². The van der Waals surface area contributed by atoms with Crippen LogP contribution in [-0.4, -0.2) is 47.6 Å². The summed E-state index contributed by atoms with van der Waals surface area (Å²) in [6.07, 6.45) is -6.66. The summed E-state index contributed by atoms with van der Waals surface area (Å²) in [6, 6.07) is 11.1. The molecule has 1 amide bonds. The number of nitrogens with zero attached hydrogens (tertiary/aromatic N) is 1. The zero-order chi connectivity index (χ0) is 24.8. The zero-order valence-electron chi connectivity index (χ0n) is 18.7. The van der Waals surface area contributed by atoms with Gasteiger partial charge in [-0.05, 0) is 56.2 Å². The third-order valence-electron chi connectivity index (χ3n) is 4.13. The van der Waals surface area contributed by atoms with Crippen molar-refractivity contribution in [3.8, 4) is 11.5 Å². The van der Waals surface area contributed by atoms with Crippen molar-refractivity contribution in [2.45, 2.75) is 45.3 Å². The van der Waals surface area contributed by atoms with E-state index in [2.05, 4.69) is 4.74 Å². The molecule has 0 saturated carbocycles. The van der Waals surface area contributed by atoms with Crippen LogP contribution >= 0.6 is 0 Å². The molecule has 33 heavy (non-hydrogen) atoms. The molecule has 0 heterocycles. The van der Waals surface area contributed by atoms with Crippen LogP contribution in [0.3, 0.4) is 0 Å². The number of esters is 1. The highest BCUT2D eigenvalue weighted by Gasteiger charge is 2.31. The summed E-state index contributed by atoms with van der Waals surface area (Å²) in [5, 5.41) is 10.4. The van der Waals surface area contributed by atoms with Crippen LogP contribution in [0.15, 0.2) is 48.5 Å². The minimum Gasteiger partial charge on any atom is -0.444 e. The van der Waals surface area contributed by atoms with Crippen molar-refractivity contribution >= 4 is 12.1 Å². The molecule has 1 N–H and O–H groups in total. The number of aliphatic hydroxyl groups excluding tert-OH is 1. The number of ether oxygens (including phenoxy) is 3. The normalized spacial score (nSPS) is 12.6. The average Bonchev–Trinajstić information content (AvgIpc) is 2.66. The Morgan fingerprint density at radius 3 is 2.24 bits per heavy atom. The van der Waals surface area contributed by atoms with Gasteiger partial charge in [-0.25, -0.2) is 4.79 Å². The van der Waals surface area contributed by atoms with Crippen molar-refractivity contribution < 1.29 is 42.1 Å². The highest BCUT2D eigenvalue weighted by Crippen LogP contribution is 2.24. The first kappa shape index (κ1) is 26.0. The summed E-state index contributed by atoms with van der Waals surface area (Å²) >= 11 is 0. The van der Waals surface area contributed by atoms with Gasteiger partial charge in [0.25, 0.3) is 0 Å². The summed E-state index contributed by atoms with van der Waals surface area (Å²) in [7, 11) is 1.50. The maximum absolute atomic E-state index is 12.3. The van der Waals surface area contributed by atoms with E-state index in [1.807, 2.05) is 0 Å². The Hall–Kier alpha value is -3.27. The SMILES string of the molecule is CN(CC(O)c1ccc(OC(=O)Cc2cccc(OC(F)(F)F)c2)cc1)C(=O)OC(C)(C)C. The fourth-order valence-electron chi connectivity index (χ4n) is 2.72. The quantitative estimate of drug-likeness (QED) is 0.470. The van der Waals surface area contributed by atoms with E-state index in [0.29, 0.717) is 11.1 Å². The van der Waals surface area contributed by atoms with Crippen LogP contribution in [0, 0.1) is 0 Å². The first-order valence-electron chi connectivity index (χ1n) is 9.99. The molecular formula is C23H26F3NO6. The van der Waals surface area contributed by atoms with Gasteiger partial charge in [-0.15, -0.1) is 13.2 Å². The monoisotopic (exact) mass is 469 g/mol. The van der Waals surface area contributed by atoms with Crippen molar-refractivity contribution in [1.29, 1.82) is 0 Å². The average molecular weight is 469 g/mol. The molecular weight excluding hydrogens is 443 g/mol. The number of rotatable bonds is 7. The van der Waals surface area contributed by atoms with Gasteiger partial charge in [0.05, 0.1) is 19.1 Å². The largest absolute Gasteiger partial charge is 0.573 e. The topological polar surface area (TPSA) is 85.3 Å². The van der Waals surface area contributed by atoms with Gasteiger partial charge in [0.15, 0.2) is 0 Å². The molecule has 1 unspecified atom stereocenters. The van der Waals surface area contributed by atoms with Gasteiger partial charge in [0.2, 0.25) is 0 Å². The number of carbonyl (C=O) groups excluding carboxylic acids is 2. The van der Waals surface area contributed by atoms with Gasteiger partial charge in [-0.2, -0.15) is 0 Å². The van der Waals surface area contributed by atoms with Gasteiger partial charge in [-0.1, -0.05) is 24.3 Å². The summed E-state index contributed by atoms with van der Waals surface area (Å²) in [5.74, 6) is -0.918. The molecule has 0 fully saturated rings. The lowest BCUT2D eigenvalue weighted by molar-refractivity contribution is -0.274. The Kier molecular flexibility index (Phi) is 8.32. The molecule has 0 aliphatic heterocycles. The molecule has 0 spiro atoms. The van der Waals surface area contributed by atoms with Crippen molar-refractivity contribution in [3.05, 3.63) is 59.7 Å². The van der Waals surface area contributed by atoms with E-state index in [9.17, 15) is 27.9 Å². The number of carbonyl (C=O) groups is 2. The number of aliphatic hydroxyl groups is 1. The minimum atomic E-state index is -4.83. The fourth-order valence-corrected chi connectivity index (χ4v) is 2.72. The lowest BCUT2D eigenvalue weighted by atomic mass is 10.1. The third-order valence-corrected chi connectivity index (χ3v) is 4.13. The Bertz CT molecular complexity index is 954. The highest BCUT2D eigenvalue weighted by molar-refractivity contribution is 5.75. The van der Waals surface area contributed by atoms with Crippen molar-refractivity contribution in [2.24, 2.45) is 0 Å². The number of hydrogen-bond donors (Lipinski definition) is 1. The van der Waals surface area contributed by atoms with Crippen LogP contribution in [0.1, 0.15) is 38.0 Å². The lowest BCUT2D eigenvalue weighted by Gasteiger charge is -2.26. The number of hydrogen-bond acceptors (Lipinski definition) is 6. The molecule has 0 bridgehead atoms. The van der Waals surface area contributed by atoms with E-state index in [-0.39, 0.29) is 18.7 Å². The number of halogens is 3. The van der Waals surface area contributed by atoms with E-state index >= 15 is 0 Å². The predicted molar refractivity (Wildman–Crippen MR) is 113 cm³/mol. The first-order chi connectivity index (χ1) is 15.2. The molecule has 1 atom stereocenters. The predicted octanol–water partition coefficient (Wildman–Crippen LogP) is 4.63. The van der Waals surface area contributed by atoms with E-state index in [4.69, 9.17) is 9.47 Å². The smallest absolute Gasteiger partial charge is 0.444 e. The molecule has 180 valence electrons. The van der Waals surface area contributed by atoms with Crippen molar-refractivity contribution in [3.63, 3.8) is 0 Å². The van der Waals surface area contributed by atoms with Crippen LogP contribution in [-0.2, 0) is 16.0 Å².